The third-order valence-electron chi connectivity index (χ3n) is 7.85. The molecule has 10 nitrogen and oxygen atoms in total. The van der Waals surface area contributed by atoms with Crippen LogP contribution in [0.3, 0.4) is 0 Å². The van der Waals surface area contributed by atoms with E-state index in [-0.39, 0.29) is 23.7 Å². The molecule has 2 rings (SSSR count). The van der Waals surface area contributed by atoms with Gasteiger partial charge >= 0.3 is 12.1 Å². The molecular weight excluding hydrogens is 598 g/mol. The maximum atomic E-state index is 14.7. The highest BCUT2D eigenvalue weighted by Gasteiger charge is 2.42. The first-order chi connectivity index (χ1) is 21.8. The number of aromatic hydroxyl groups is 1. The van der Waals surface area contributed by atoms with Gasteiger partial charge in [-0.05, 0) is 78.9 Å². The molecule has 0 saturated carbocycles. The van der Waals surface area contributed by atoms with Crippen LogP contribution in [0, 0.1) is 12.8 Å². The van der Waals surface area contributed by atoms with Crippen molar-refractivity contribution in [3.05, 3.63) is 65.2 Å². The van der Waals surface area contributed by atoms with Gasteiger partial charge in [0.05, 0.1) is 0 Å². The zero-order valence-corrected chi connectivity index (χ0v) is 30.0. The largest absolute Gasteiger partial charge is 0.507 e. The van der Waals surface area contributed by atoms with Crippen LogP contribution in [0.5, 0.6) is 5.75 Å². The Morgan fingerprint density at radius 1 is 0.830 bits per heavy atom. The van der Waals surface area contributed by atoms with Gasteiger partial charge < -0.3 is 30.1 Å². The lowest BCUT2D eigenvalue weighted by molar-refractivity contribution is -0.159. The molecule has 5 atom stereocenters. The smallest absolute Gasteiger partial charge is 0.408 e. The van der Waals surface area contributed by atoms with Crippen molar-refractivity contribution < 1.29 is 33.8 Å². The highest BCUT2D eigenvalue weighted by Crippen LogP contribution is 2.35. The minimum absolute atomic E-state index is 0.140. The maximum absolute atomic E-state index is 14.7. The van der Waals surface area contributed by atoms with Gasteiger partial charge in [-0.15, -0.1) is 0 Å². The number of carbonyl (C=O) groups is 4. The molecule has 260 valence electrons. The van der Waals surface area contributed by atoms with Gasteiger partial charge in [0.25, 0.3) is 0 Å². The van der Waals surface area contributed by atoms with Gasteiger partial charge in [-0.1, -0.05) is 75.7 Å². The topological polar surface area (TPSA) is 134 Å². The number of rotatable bonds is 13. The fraction of sp³-hybridized carbons (Fsp3) is 0.568. The van der Waals surface area contributed by atoms with Crippen molar-refractivity contribution in [1.82, 2.24) is 15.5 Å². The van der Waals surface area contributed by atoms with Gasteiger partial charge in [-0.3, -0.25) is 9.59 Å². The second kappa shape index (κ2) is 16.7. The average Bonchev–Trinajstić information content (AvgIpc) is 2.97. The molecule has 3 amide bonds. The molecule has 0 saturated heterocycles. The number of para-hydroxylation sites is 1. The number of benzene rings is 2. The first-order valence-electron chi connectivity index (χ1n) is 16.5. The number of hydrogen-bond acceptors (Lipinski definition) is 7. The van der Waals surface area contributed by atoms with Crippen LogP contribution in [-0.4, -0.2) is 63.2 Å². The molecule has 2 aromatic rings. The van der Waals surface area contributed by atoms with Gasteiger partial charge in [0, 0.05) is 18.0 Å². The summed E-state index contributed by atoms with van der Waals surface area (Å²) in [4.78, 5) is 57.1. The Morgan fingerprint density at radius 3 is 1.96 bits per heavy atom. The van der Waals surface area contributed by atoms with Crippen molar-refractivity contribution in [3.8, 4) is 5.75 Å². The number of aryl methyl sites for hydroxylation is 1. The minimum atomic E-state index is -1.36. The Morgan fingerprint density at radius 2 is 1.43 bits per heavy atom. The first kappa shape index (κ1) is 39.1. The van der Waals surface area contributed by atoms with E-state index in [4.69, 9.17) is 9.47 Å². The molecule has 2 aromatic carbocycles. The third kappa shape index (κ3) is 11.6. The van der Waals surface area contributed by atoms with Crippen LogP contribution in [-0.2, 0) is 30.3 Å². The second-order valence-corrected chi connectivity index (χ2v) is 14.2. The summed E-state index contributed by atoms with van der Waals surface area (Å²) in [5.41, 5.74) is -0.115. The van der Waals surface area contributed by atoms with E-state index in [1.165, 1.54) is 4.90 Å². The van der Waals surface area contributed by atoms with Gasteiger partial charge in [-0.2, -0.15) is 0 Å². The summed E-state index contributed by atoms with van der Waals surface area (Å²) in [6.45, 7) is 19.6. The fourth-order valence-corrected chi connectivity index (χ4v) is 5.06. The summed E-state index contributed by atoms with van der Waals surface area (Å²) in [6.07, 6.45) is 0.389. The molecule has 0 bridgehead atoms. The van der Waals surface area contributed by atoms with E-state index in [9.17, 15) is 24.3 Å². The van der Waals surface area contributed by atoms with Crippen molar-refractivity contribution in [1.29, 1.82) is 0 Å². The lowest BCUT2D eigenvalue weighted by Gasteiger charge is -2.40. The van der Waals surface area contributed by atoms with Crippen LogP contribution in [0.25, 0.3) is 0 Å². The van der Waals surface area contributed by atoms with Crippen LogP contribution in [0.15, 0.2) is 48.5 Å². The second-order valence-electron chi connectivity index (χ2n) is 14.2. The highest BCUT2D eigenvalue weighted by atomic mass is 16.6. The Hall–Kier alpha value is -4.08. The van der Waals surface area contributed by atoms with Crippen molar-refractivity contribution in [3.63, 3.8) is 0 Å². The first-order valence-corrected chi connectivity index (χ1v) is 16.5. The maximum Gasteiger partial charge on any atom is 0.408 e. The number of phenols is 1. The molecule has 10 heteroatoms. The monoisotopic (exact) mass is 653 g/mol. The number of hydrogen-bond donors (Lipinski definition) is 3. The Labute approximate surface area is 280 Å². The molecule has 0 aliphatic rings. The highest BCUT2D eigenvalue weighted by molar-refractivity contribution is 5.94. The average molecular weight is 654 g/mol. The van der Waals surface area contributed by atoms with Crippen molar-refractivity contribution in [2.24, 2.45) is 5.92 Å². The van der Waals surface area contributed by atoms with E-state index in [0.717, 1.165) is 5.56 Å². The number of nitrogens with one attached hydrogen (secondary N) is 2. The lowest BCUT2D eigenvalue weighted by Crippen LogP contribution is -2.58. The van der Waals surface area contributed by atoms with Crippen LogP contribution in [0.4, 0.5) is 4.79 Å². The van der Waals surface area contributed by atoms with Gasteiger partial charge in [0.15, 0.2) is 0 Å². The van der Waals surface area contributed by atoms with Gasteiger partial charge in [-0.25, -0.2) is 9.59 Å². The van der Waals surface area contributed by atoms with E-state index in [2.05, 4.69) is 10.6 Å². The van der Waals surface area contributed by atoms with Crippen LogP contribution < -0.4 is 10.6 Å². The van der Waals surface area contributed by atoms with E-state index in [1.54, 1.807) is 66.7 Å². The van der Waals surface area contributed by atoms with Crippen molar-refractivity contribution in [2.75, 3.05) is 0 Å². The van der Waals surface area contributed by atoms with E-state index in [1.807, 2.05) is 58.0 Å². The molecule has 0 aromatic heterocycles. The van der Waals surface area contributed by atoms with Crippen molar-refractivity contribution in [2.45, 2.75) is 131 Å². The number of nitrogens with zero attached hydrogens (tertiary/aromatic N) is 1. The lowest BCUT2D eigenvalue weighted by atomic mass is 9.93. The number of phenolic OH excluding ortho intramolecular Hbond substituents is 1. The predicted molar refractivity (Wildman–Crippen MR) is 183 cm³/mol. The van der Waals surface area contributed by atoms with Gasteiger partial charge in [0.1, 0.15) is 35.1 Å². The molecule has 0 fully saturated rings. The normalized spacial score (nSPS) is 15.0. The SMILES string of the molecule is CCC(C)C(NC(=O)OC(C)(C)C)C(=O)N(C(C)CC)C(C(=O)NC(Cc1ccccc1)C(=O)OC(C)(C)C)c1cccc(C)c1O. The number of amides is 3. The fourth-order valence-electron chi connectivity index (χ4n) is 5.06. The minimum Gasteiger partial charge on any atom is -0.507 e. The Balaban J connectivity index is 2.71. The Bertz CT molecular complexity index is 1360. The molecule has 0 spiro atoms. The molecule has 47 heavy (non-hydrogen) atoms. The Kier molecular flexibility index (Phi) is 13.9. The molecule has 0 heterocycles. The molecule has 0 radical (unpaired) electrons. The predicted octanol–water partition coefficient (Wildman–Crippen LogP) is 6.38. The van der Waals surface area contributed by atoms with Gasteiger partial charge in [0.2, 0.25) is 11.8 Å². The van der Waals surface area contributed by atoms with Crippen LogP contribution in [0.2, 0.25) is 0 Å². The third-order valence-corrected chi connectivity index (χ3v) is 7.85. The molecule has 0 aliphatic heterocycles. The van der Waals surface area contributed by atoms with E-state index >= 15 is 0 Å². The number of ether oxygens (including phenoxy) is 2. The van der Waals surface area contributed by atoms with E-state index in [0.29, 0.717) is 18.4 Å². The quantitative estimate of drug-likeness (QED) is 0.214. The zero-order valence-electron chi connectivity index (χ0n) is 30.0. The summed E-state index contributed by atoms with van der Waals surface area (Å²) < 4.78 is 11.2. The molecule has 3 N–H and O–H groups in total. The summed E-state index contributed by atoms with van der Waals surface area (Å²) in [5, 5.41) is 16.9. The number of esters is 1. The van der Waals surface area contributed by atoms with E-state index < -0.39 is 59.2 Å². The number of alkyl carbamates (subject to hydrolysis) is 1. The van der Waals surface area contributed by atoms with Crippen LogP contribution >= 0.6 is 0 Å². The summed E-state index contributed by atoms with van der Waals surface area (Å²) >= 11 is 0. The standard InChI is InChI=1S/C37H55N3O7/c1-12-23(3)29(39-35(45)47-37(9,10)11)33(43)40(25(5)13-2)30(27-21-17-18-24(4)31(27)41)32(42)38-28(34(44)46-36(6,7)8)22-26-19-15-14-16-20-26/h14-21,23,25,28-30,41H,12-13,22H2,1-11H3,(H,38,42)(H,39,45). The number of carbonyl (C=O) groups excluding carboxylic acids is 4. The zero-order chi connectivity index (χ0) is 35.7. The summed E-state index contributed by atoms with van der Waals surface area (Å²) in [5.74, 6) is -2.30. The van der Waals surface area contributed by atoms with Crippen molar-refractivity contribution >= 4 is 23.9 Å². The molecule has 0 aliphatic carbocycles. The molecular formula is C37H55N3O7. The summed E-state index contributed by atoms with van der Waals surface area (Å²) in [7, 11) is 0. The summed E-state index contributed by atoms with van der Waals surface area (Å²) in [6, 6.07) is 10.2. The molecule has 5 unspecified atom stereocenters. The van der Waals surface area contributed by atoms with Crippen LogP contribution in [0.1, 0.15) is 105 Å².